The molecule has 1 amide bonds. The van der Waals surface area contributed by atoms with E-state index in [-0.39, 0.29) is 23.3 Å². The maximum atomic E-state index is 16.4. The van der Waals surface area contributed by atoms with Gasteiger partial charge in [0.1, 0.15) is 5.69 Å². The zero-order valence-corrected chi connectivity index (χ0v) is 22.2. The molecule has 7 nitrogen and oxygen atoms in total. The molecule has 0 radical (unpaired) electrons. The first-order valence-electron chi connectivity index (χ1n) is 13.2. The Labute approximate surface area is 226 Å². The van der Waals surface area contributed by atoms with E-state index in [4.69, 9.17) is 9.72 Å². The van der Waals surface area contributed by atoms with Crippen LogP contribution in [0.4, 0.5) is 10.1 Å². The average molecular weight is 524 g/mol. The molecule has 1 N–H and O–H groups in total. The van der Waals surface area contributed by atoms with E-state index in [1.807, 2.05) is 24.3 Å². The van der Waals surface area contributed by atoms with Crippen molar-refractivity contribution in [3.05, 3.63) is 102 Å². The number of nitrogens with zero attached hydrogens (tertiary/aromatic N) is 4. The molecule has 0 aliphatic heterocycles. The number of pyridine rings is 1. The highest BCUT2D eigenvalue weighted by Gasteiger charge is 2.51. The minimum Gasteiger partial charge on any atom is -0.384 e. The van der Waals surface area contributed by atoms with Crippen LogP contribution < -0.4 is 5.32 Å². The normalized spacial score (nSPS) is 15.1. The minimum atomic E-state index is -0.591. The molecule has 1 atom stereocenters. The predicted octanol–water partition coefficient (Wildman–Crippen LogP) is 6.13. The van der Waals surface area contributed by atoms with Gasteiger partial charge in [-0.2, -0.15) is 4.39 Å². The molecule has 1 aliphatic carbocycles. The largest absolute Gasteiger partial charge is 0.384 e. The topological polar surface area (TPSA) is 81.4 Å². The summed E-state index contributed by atoms with van der Waals surface area (Å²) in [6.45, 7) is 4.69. The van der Waals surface area contributed by atoms with Gasteiger partial charge in [-0.05, 0) is 54.7 Å². The van der Waals surface area contributed by atoms with Gasteiger partial charge in [0, 0.05) is 35.6 Å². The van der Waals surface area contributed by atoms with Crippen LogP contribution in [0, 0.1) is 11.9 Å². The number of imidazole rings is 1. The van der Waals surface area contributed by atoms with E-state index in [2.05, 4.69) is 41.3 Å². The van der Waals surface area contributed by atoms with Crippen molar-refractivity contribution >= 4 is 28.3 Å². The first-order chi connectivity index (χ1) is 18.9. The van der Waals surface area contributed by atoms with Gasteiger partial charge in [-0.3, -0.25) is 14.2 Å². The summed E-state index contributed by atoms with van der Waals surface area (Å²) in [5.74, 6) is -0.587. The Kier molecular flexibility index (Phi) is 6.35. The maximum Gasteiger partial charge on any atom is 0.255 e. The van der Waals surface area contributed by atoms with Crippen LogP contribution >= 0.6 is 0 Å². The van der Waals surface area contributed by atoms with E-state index in [1.54, 1.807) is 37.6 Å². The van der Waals surface area contributed by atoms with Crippen LogP contribution in [0.1, 0.15) is 59.9 Å². The number of hydrogen-bond donors (Lipinski definition) is 1. The molecule has 1 fully saturated rings. The van der Waals surface area contributed by atoms with Gasteiger partial charge in [-0.1, -0.05) is 44.2 Å². The lowest BCUT2D eigenvalue weighted by Gasteiger charge is -2.24. The van der Waals surface area contributed by atoms with Gasteiger partial charge in [0.15, 0.2) is 0 Å². The molecule has 3 aromatic heterocycles. The highest BCUT2D eigenvalue weighted by Crippen LogP contribution is 2.56. The molecule has 2 aromatic carbocycles. The number of rotatable bonds is 8. The van der Waals surface area contributed by atoms with Crippen molar-refractivity contribution in [1.82, 2.24) is 19.4 Å². The molecule has 1 saturated carbocycles. The van der Waals surface area contributed by atoms with Crippen LogP contribution in [0.15, 0.2) is 73.1 Å². The van der Waals surface area contributed by atoms with E-state index in [0.29, 0.717) is 12.2 Å². The second-order valence-corrected chi connectivity index (χ2v) is 10.6. The van der Waals surface area contributed by atoms with Crippen molar-refractivity contribution in [3.63, 3.8) is 0 Å². The Morgan fingerprint density at radius 2 is 1.90 bits per heavy atom. The van der Waals surface area contributed by atoms with Crippen molar-refractivity contribution in [3.8, 4) is 0 Å². The molecule has 5 aromatic rings. The molecule has 1 aliphatic rings. The summed E-state index contributed by atoms with van der Waals surface area (Å²) < 4.78 is 23.5. The van der Waals surface area contributed by atoms with Crippen molar-refractivity contribution in [2.45, 2.75) is 38.0 Å². The van der Waals surface area contributed by atoms with Gasteiger partial charge in [0.25, 0.3) is 5.91 Å². The second-order valence-electron chi connectivity index (χ2n) is 10.6. The molecule has 39 heavy (non-hydrogen) atoms. The van der Waals surface area contributed by atoms with Crippen LogP contribution in [-0.2, 0) is 10.2 Å². The van der Waals surface area contributed by atoms with Crippen molar-refractivity contribution in [2.24, 2.45) is 5.92 Å². The minimum absolute atomic E-state index is 0.00732. The highest BCUT2D eigenvalue weighted by atomic mass is 19.1. The molecule has 0 spiro atoms. The molecule has 198 valence electrons. The summed E-state index contributed by atoms with van der Waals surface area (Å²) in [7, 11) is 1.67. The van der Waals surface area contributed by atoms with Crippen molar-refractivity contribution < 1.29 is 13.9 Å². The fraction of sp³-hybridized carbons (Fsp3) is 0.290. The molecule has 0 bridgehead atoms. The van der Waals surface area contributed by atoms with Gasteiger partial charge in [0.2, 0.25) is 11.7 Å². The van der Waals surface area contributed by atoms with Crippen LogP contribution in [0.2, 0.25) is 0 Å². The van der Waals surface area contributed by atoms with E-state index < -0.39 is 17.3 Å². The third-order valence-electron chi connectivity index (χ3n) is 7.76. The molecular formula is C31H30FN5O2. The lowest BCUT2D eigenvalue weighted by molar-refractivity contribution is 0.102. The lowest BCUT2D eigenvalue weighted by atomic mass is 9.84. The zero-order chi connectivity index (χ0) is 27.1. The quantitative estimate of drug-likeness (QED) is 0.247. The van der Waals surface area contributed by atoms with Gasteiger partial charge in [0.05, 0.1) is 29.7 Å². The number of nitrogens with one attached hydrogen (secondary N) is 1. The number of aromatic nitrogens is 4. The third kappa shape index (κ3) is 4.34. The molecule has 8 heteroatoms. The predicted molar refractivity (Wildman–Crippen MR) is 149 cm³/mol. The lowest BCUT2D eigenvalue weighted by Crippen LogP contribution is -2.22. The summed E-state index contributed by atoms with van der Waals surface area (Å²) in [4.78, 5) is 26.7. The zero-order valence-electron chi connectivity index (χ0n) is 22.2. The Bertz CT molecular complexity index is 1680. The highest BCUT2D eigenvalue weighted by molar-refractivity contribution is 6.04. The Hall–Kier alpha value is -4.17. The second kappa shape index (κ2) is 9.85. The summed E-state index contributed by atoms with van der Waals surface area (Å²) >= 11 is 0. The number of fused-ring (bicyclic) bond motifs is 2. The number of halogens is 1. The Morgan fingerprint density at radius 1 is 1.10 bits per heavy atom. The van der Waals surface area contributed by atoms with Gasteiger partial charge in [-0.15, -0.1) is 0 Å². The summed E-state index contributed by atoms with van der Waals surface area (Å²) in [5.41, 5.74) is 3.56. The van der Waals surface area contributed by atoms with Gasteiger partial charge in [-0.25, -0.2) is 9.97 Å². The van der Waals surface area contributed by atoms with E-state index >= 15 is 4.39 Å². The maximum absolute atomic E-state index is 16.4. The first kappa shape index (κ1) is 25.1. The smallest absolute Gasteiger partial charge is 0.255 e. The van der Waals surface area contributed by atoms with E-state index in [1.165, 1.54) is 10.6 Å². The standard InChI is InChI=1S/C31H30FN5O2/c1-19(2)23(18-39-3)26-27(31(13-14-31)22-11-12-24-21(16-22)10-7-15-33-24)37-28(32)25(17-34-30(37)36-26)35-29(38)20-8-5-4-6-9-20/h4-12,15-17,19,23H,13-14,18H2,1-3H3,(H,35,38)/t23-/m0/s1. The average Bonchev–Trinajstić information content (AvgIpc) is 3.67. The molecule has 3 heterocycles. The number of benzene rings is 2. The number of anilines is 1. The SMILES string of the molecule is COC[C@H](c1nc2ncc(NC(=O)c3ccccc3)c(F)n2c1C1(c2ccc3ncccc3c2)CC1)C(C)C. The summed E-state index contributed by atoms with van der Waals surface area (Å²) in [6, 6.07) is 18.9. The van der Waals surface area contributed by atoms with Crippen LogP contribution in [0.3, 0.4) is 0 Å². The fourth-order valence-electron chi connectivity index (χ4n) is 5.51. The van der Waals surface area contributed by atoms with E-state index in [9.17, 15) is 4.79 Å². The monoisotopic (exact) mass is 523 g/mol. The van der Waals surface area contributed by atoms with Crippen molar-refractivity contribution in [1.29, 1.82) is 0 Å². The van der Waals surface area contributed by atoms with Crippen LogP contribution in [-0.4, -0.2) is 39.0 Å². The first-order valence-corrected chi connectivity index (χ1v) is 13.2. The van der Waals surface area contributed by atoms with Gasteiger partial charge < -0.3 is 10.1 Å². The summed E-state index contributed by atoms with van der Waals surface area (Å²) in [6.07, 6.45) is 4.81. The number of amides is 1. The number of methoxy groups -OCH3 is 1. The molecular weight excluding hydrogens is 493 g/mol. The number of carbonyl (C=O) groups is 1. The number of hydrogen-bond acceptors (Lipinski definition) is 5. The molecule has 0 saturated heterocycles. The Balaban J connectivity index is 1.54. The number of ether oxygens (including phenoxy) is 1. The third-order valence-corrected chi connectivity index (χ3v) is 7.76. The van der Waals surface area contributed by atoms with Crippen molar-refractivity contribution in [2.75, 3.05) is 19.0 Å². The molecule has 0 unspecified atom stereocenters. The van der Waals surface area contributed by atoms with Crippen LogP contribution in [0.5, 0.6) is 0 Å². The summed E-state index contributed by atoms with van der Waals surface area (Å²) in [5, 5.41) is 3.74. The fourth-order valence-corrected chi connectivity index (χ4v) is 5.51. The molecule has 6 rings (SSSR count). The number of carbonyl (C=O) groups excluding carboxylic acids is 1. The Morgan fingerprint density at radius 3 is 2.62 bits per heavy atom. The van der Waals surface area contributed by atoms with Crippen LogP contribution in [0.25, 0.3) is 16.7 Å². The van der Waals surface area contributed by atoms with Gasteiger partial charge >= 0.3 is 0 Å². The van der Waals surface area contributed by atoms with E-state index in [0.717, 1.165) is 40.7 Å².